The standard InChI is InChI=1S/C5H10O5.C3H3N3O/c6-1-2-3(7)4(8)5(9)10-2;7-3-4-1-2-5-6-3/h2-9H,1H2;1-2H,(H,4,6,7)/t2-,3-,4-,5-;/m1./s1. The third-order valence-electron chi connectivity index (χ3n) is 2.01. The van der Waals surface area contributed by atoms with Crippen LogP contribution in [0.1, 0.15) is 0 Å². The monoisotopic (exact) mass is 247 g/mol. The Bertz CT molecular complexity index is 368. The van der Waals surface area contributed by atoms with E-state index in [2.05, 4.69) is 19.9 Å². The van der Waals surface area contributed by atoms with Gasteiger partial charge < -0.3 is 25.2 Å². The summed E-state index contributed by atoms with van der Waals surface area (Å²) in [5.74, 6) is 0. The Balaban J connectivity index is 0.000000181. The minimum atomic E-state index is -1.38. The van der Waals surface area contributed by atoms with Gasteiger partial charge in [-0.25, -0.2) is 9.89 Å². The molecule has 0 amide bonds. The molecular formula is C8H13N3O6. The van der Waals surface area contributed by atoms with Crippen molar-refractivity contribution in [2.75, 3.05) is 6.61 Å². The average molecular weight is 247 g/mol. The molecule has 1 aliphatic heterocycles. The van der Waals surface area contributed by atoms with Gasteiger partial charge in [0.2, 0.25) is 0 Å². The maximum Gasteiger partial charge on any atom is 0.361 e. The summed E-state index contributed by atoms with van der Waals surface area (Å²) in [4.78, 5) is 13.3. The Hall–Kier alpha value is -1.39. The van der Waals surface area contributed by atoms with Gasteiger partial charge in [0.25, 0.3) is 0 Å². The minimum Gasteiger partial charge on any atom is -0.394 e. The fourth-order valence-electron chi connectivity index (χ4n) is 1.14. The molecule has 9 nitrogen and oxygen atoms in total. The zero-order valence-corrected chi connectivity index (χ0v) is 8.67. The maximum absolute atomic E-state index is 10.0. The molecular weight excluding hydrogens is 234 g/mol. The first-order valence-corrected chi connectivity index (χ1v) is 4.72. The van der Waals surface area contributed by atoms with Crippen LogP contribution in [0.2, 0.25) is 0 Å². The number of aliphatic hydroxyl groups excluding tert-OH is 4. The van der Waals surface area contributed by atoms with Crippen molar-refractivity contribution in [3.63, 3.8) is 0 Å². The van der Waals surface area contributed by atoms with E-state index in [-0.39, 0.29) is 0 Å². The first-order valence-electron chi connectivity index (χ1n) is 4.72. The van der Waals surface area contributed by atoms with Gasteiger partial charge in [0, 0.05) is 0 Å². The van der Waals surface area contributed by atoms with Crippen molar-refractivity contribution < 1.29 is 25.2 Å². The average Bonchev–Trinajstić information content (AvgIpc) is 2.58. The van der Waals surface area contributed by atoms with Crippen LogP contribution < -0.4 is 5.69 Å². The molecule has 0 radical (unpaired) electrons. The van der Waals surface area contributed by atoms with Crippen molar-refractivity contribution in [2.24, 2.45) is 0 Å². The van der Waals surface area contributed by atoms with E-state index in [1.807, 2.05) is 0 Å². The summed E-state index contributed by atoms with van der Waals surface area (Å²) in [6, 6.07) is 0. The number of aliphatic hydroxyl groups is 4. The number of hydrogen-bond donors (Lipinski definition) is 5. The first kappa shape index (κ1) is 13.7. The molecule has 0 spiro atoms. The van der Waals surface area contributed by atoms with Crippen molar-refractivity contribution in [1.82, 2.24) is 15.2 Å². The third kappa shape index (κ3) is 3.84. The number of rotatable bonds is 1. The molecule has 0 unspecified atom stereocenters. The molecule has 96 valence electrons. The minimum absolute atomic E-state index is 0.407. The molecule has 5 N–H and O–H groups in total. The van der Waals surface area contributed by atoms with E-state index in [0.717, 1.165) is 0 Å². The lowest BCUT2D eigenvalue weighted by Crippen LogP contribution is -2.33. The first-order chi connectivity index (χ1) is 8.06. The number of H-pyrrole nitrogens is 1. The van der Waals surface area contributed by atoms with Crippen LogP contribution in [0.3, 0.4) is 0 Å². The molecule has 1 aliphatic rings. The molecule has 0 saturated carbocycles. The maximum atomic E-state index is 10.0. The highest BCUT2D eigenvalue weighted by molar-refractivity contribution is 4.84. The molecule has 1 saturated heterocycles. The molecule has 9 heteroatoms. The summed E-state index contributed by atoms with van der Waals surface area (Å²) in [5, 5.41) is 40.5. The molecule has 2 heterocycles. The molecule has 1 fully saturated rings. The lowest BCUT2D eigenvalue weighted by atomic mass is 10.1. The van der Waals surface area contributed by atoms with Crippen molar-refractivity contribution in [3.8, 4) is 0 Å². The van der Waals surface area contributed by atoms with E-state index in [4.69, 9.17) is 20.4 Å². The molecule has 0 bridgehead atoms. The van der Waals surface area contributed by atoms with Crippen LogP contribution in [0.4, 0.5) is 0 Å². The van der Waals surface area contributed by atoms with Gasteiger partial charge in [-0.15, -0.1) is 0 Å². The normalized spacial score (nSPS) is 31.8. The van der Waals surface area contributed by atoms with Gasteiger partial charge in [0.1, 0.15) is 18.3 Å². The molecule has 0 aliphatic carbocycles. The van der Waals surface area contributed by atoms with Crippen LogP contribution in [-0.4, -0.2) is 66.8 Å². The molecule has 1 aromatic rings. The predicted molar refractivity (Wildman–Crippen MR) is 52.6 cm³/mol. The largest absolute Gasteiger partial charge is 0.394 e. The summed E-state index contributed by atoms with van der Waals surface area (Å²) < 4.78 is 4.54. The fraction of sp³-hybridized carbons (Fsp3) is 0.625. The number of aromatic nitrogens is 3. The second-order valence-electron chi connectivity index (χ2n) is 3.20. The van der Waals surface area contributed by atoms with Crippen molar-refractivity contribution >= 4 is 0 Å². The number of hydrogen-bond acceptors (Lipinski definition) is 8. The number of nitrogens with zero attached hydrogens (tertiary/aromatic N) is 2. The predicted octanol–water partition coefficient (Wildman–Crippen LogP) is -3.42. The molecule has 1 aromatic heterocycles. The van der Waals surface area contributed by atoms with E-state index in [1.54, 1.807) is 0 Å². The smallest absolute Gasteiger partial charge is 0.361 e. The van der Waals surface area contributed by atoms with Gasteiger partial charge >= 0.3 is 5.69 Å². The second-order valence-corrected chi connectivity index (χ2v) is 3.20. The highest BCUT2D eigenvalue weighted by Gasteiger charge is 2.41. The lowest BCUT2D eigenvalue weighted by Gasteiger charge is -2.09. The van der Waals surface area contributed by atoms with Crippen LogP contribution >= 0.6 is 0 Å². The van der Waals surface area contributed by atoms with E-state index < -0.39 is 36.9 Å². The zero-order chi connectivity index (χ0) is 12.8. The number of nitrogens with one attached hydrogen (secondary N) is 1. The van der Waals surface area contributed by atoms with Gasteiger partial charge in [-0.05, 0) is 0 Å². The Kier molecular flexibility index (Phi) is 5.12. The second kappa shape index (κ2) is 6.37. The van der Waals surface area contributed by atoms with Gasteiger partial charge in [-0.1, -0.05) is 0 Å². The van der Waals surface area contributed by atoms with Crippen LogP contribution in [0, 0.1) is 0 Å². The summed E-state index contributed by atoms with van der Waals surface area (Å²) in [7, 11) is 0. The van der Waals surface area contributed by atoms with Crippen LogP contribution in [-0.2, 0) is 4.74 Å². The van der Waals surface area contributed by atoms with Crippen molar-refractivity contribution in [1.29, 1.82) is 0 Å². The Morgan fingerprint density at radius 1 is 1.29 bits per heavy atom. The van der Waals surface area contributed by atoms with Crippen LogP contribution in [0.15, 0.2) is 17.2 Å². The van der Waals surface area contributed by atoms with Gasteiger partial charge in [0.15, 0.2) is 6.29 Å². The Morgan fingerprint density at radius 2 is 2.00 bits per heavy atom. The molecule has 0 aromatic carbocycles. The lowest BCUT2D eigenvalue weighted by molar-refractivity contribution is -0.132. The number of ether oxygens (including phenoxy) is 1. The highest BCUT2D eigenvalue weighted by atomic mass is 16.6. The van der Waals surface area contributed by atoms with E-state index in [0.29, 0.717) is 0 Å². The quantitative estimate of drug-likeness (QED) is 0.344. The van der Waals surface area contributed by atoms with Crippen LogP contribution in [0.25, 0.3) is 0 Å². The molecule has 17 heavy (non-hydrogen) atoms. The molecule has 2 rings (SSSR count). The Labute approximate surface area is 95.3 Å². The van der Waals surface area contributed by atoms with Crippen LogP contribution in [0.5, 0.6) is 0 Å². The van der Waals surface area contributed by atoms with Gasteiger partial charge in [0.05, 0.1) is 19.0 Å². The summed E-state index contributed by atoms with van der Waals surface area (Å²) >= 11 is 0. The Morgan fingerprint density at radius 3 is 2.24 bits per heavy atom. The summed E-state index contributed by atoms with van der Waals surface area (Å²) in [5.41, 5.74) is -0.414. The summed E-state index contributed by atoms with van der Waals surface area (Å²) in [6.45, 7) is -0.407. The van der Waals surface area contributed by atoms with Crippen molar-refractivity contribution in [3.05, 3.63) is 22.9 Å². The van der Waals surface area contributed by atoms with E-state index in [9.17, 15) is 4.79 Å². The fourth-order valence-corrected chi connectivity index (χ4v) is 1.14. The number of aromatic amines is 1. The van der Waals surface area contributed by atoms with E-state index >= 15 is 0 Å². The third-order valence-corrected chi connectivity index (χ3v) is 2.01. The highest BCUT2D eigenvalue weighted by Crippen LogP contribution is 2.18. The van der Waals surface area contributed by atoms with Crippen molar-refractivity contribution in [2.45, 2.75) is 24.6 Å². The van der Waals surface area contributed by atoms with Gasteiger partial charge in [-0.2, -0.15) is 10.1 Å². The van der Waals surface area contributed by atoms with Gasteiger partial charge in [-0.3, -0.25) is 0 Å². The topological polar surface area (TPSA) is 149 Å². The zero-order valence-electron chi connectivity index (χ0n) is 8.67. The molecule has 4 atom stereocenters. The summed E-state index contributed by atoms with van der Waals surface area (Å²) in [6.07, 6.45) is -2.02. The van der Waals surface area contributed by atoms with E-state index in [1.165, 1.54) is 12.4 Å². The SMILES string of the molecule is O=c1nccn[nH]1.OC[C@H]1O[C@@H](O)[C@H](O)[C@@H]1O.